The van der Waals surface area contributed by atoms with Crippen molar-refractivity contribution in [2.75, 3.05) is 12.0 Å². The molecule has 0 unspecified atom stereocenters. The van der Waals surface area contributed by atoms with Gasteiger partial charge in [-0.15, -0.1) is 3.63 Å². The lowest BCUT2D eigenvalue weighted by molar-refractivity contribution is -0.697. The third-order valence-electron chi connectivity index (χ3n) is 2.07. The van der Waals surface area contributed by atoms with Crippen LogP contribution in [0, 0.1) is 0 Å². The summed E-state index contributed by atoms with van der Waals surface area (Å²) in [6.45, 7) is 0.676. The summed E-state index contributed by atoms with van der Waals surface area (Å²) < 4.78 is 49.8. The average molecular weight is 294 g/mol. The van der Waals surface area contributed by atoms with E-state index in [0.29, 0.717) is 25.6 Å². The molecular formula is C10H16NO5S2+. The largest absolute Gasteiger partial charge is 0.281 e. The molecule has 1 rings (SSSR count). The van der Waals surface area contributed by atoms with Crippen LogP contribution in [0.4, 0.5) is 0 Å². The molecule has 0 N–H and O–H groups in total. The van der Waals surface area contributed by atoms with E-state index in [1.54, 1.807) is 0 Å². The molecule has 102 valence electrons. The summed E-state index contributed by atoms with van der Waals surface area (Å²) >= 11 is 0. The van der Waals surface area contributed by atoms with Crippen molar-refractivity contribution in [3.8, 4) is 0 Å². The Labute approximate surface area is 107 Å². The van der Waals surface area contributed by atoms with Crippen LogP contribution in [0.2, 0.25) is 0 Å². The summed E-state index contributed by atoms with van der Waals surface area (Å²) in [6.07, 6.45) is 5.44. The fraction of sp³-hybridized carbons (Fsp3) is 0.500. The van der Waals surface area contributed by atoms with Gasteiger partial charge in [0.25, 0.3) is 20.2 Å². The number of hydrogen-bond donors (Lipinski definition) is 0. The maximum Gasteiger partial charge on any atom is 0.281 e. The number of pyridine rings is 1. The van der Waals surface area contributed by atoms with Gasteiger partial charge >= 0.3 is 0 Å². The zero-order chi connectivity index (χ0) is 13.6. The van der Waals surface area contributed by atoms with Crippen LogP contribution in [0.25, 0.3) is 0 Å². The van der Waals surface area contributed by atoms with Gasteiger partial charge in [-0.3, -0.25) is 0 Å². The van der Waals surface area contributed by atoms with Gasteiger partial charge in [0.2, 0.25) is 0 Å². The maximum atomic E-state index is 11.2. The number of aromatic nitrogens is 1. The second-order valence-corrected chi connectivity index (χ2v) is 7.33. The first-order valence-electron chi connectivity index (χ1n) is 5.36. The Hall–Kier alpha value is -0.990. The van der Waals surface area contributed by atoms with Gasteiger partial charge in [-0.05, 0) is 6.42 Å². The number of hydrogen-bond acceptors (Lipinski definition) is 5. The molecule has 0 bridgehead atoms. The first-order chi connectivity index (χ1) is 8.29. The van der Waals surface area contributed by atoms with Gasteiger partial charge in [-0.2, -0.15) is 16.8 Å². The summed E-state index contributed by atoms with van der Waals surface area (Å²) in [5.41, 5.74) is 0. The molecule has 1 aromatic rings. The second-order valence-electron chi connectivity index (χ2n) is 3.85. The van der Waals surface area contributed by atoms with E-state index in [9.17, 15) is 16.8 Å². The van der Waals surface area contributed by atoms with Crippen LogP contribution in [-0.4, -0.2) is 28.8 Å². The first kappa shape index (κ1) is 15.1. The molecule has 0 fully saturated rings. The van der Waals surface area contributed by atoms with Crippen LogP contribution >= 0.6 is 0 Å². The molecule has 0 saturated carbocycles. The van der Waals surface area contributed by atoms with Crippen LogP contribution in [0.1, 0.15) is 12.8 Å². The van der Waals surface area contributed by atoms with Gasteiger partial charge in [0.1, 0.15) is 6.54 Å². The summed E-state index contributed by atoms with van der Waals surface area (Å²) in [7, 11) is -7.96. The van der Waals surface area contributed by atoms with Gasteiger partial charge in [-0.25, -0.2) is 4.57 Å². The number of unbranched alkanes of at least 4 members (excludes halogenated alkanes) is 1. The van der Waals surface area contributed by atoms with Crippen LogP contribution in [0.15, 0.2) is 30.6 Å². The second kappa shape index (κ2) is 6.26. The van der Waals surface area contributed by atoms with Crippen molar-refractivity contribution in [3.05, 3.63) is 30.6 Å². The van der Waals surface area contributed by atoms with E-state index < -0.39 is 20.2 Å². The van der Waals surface area contributed by atoms with E-state index in [0.717, 1.165) is 0 Å². The summed E-state index contributed by atoms with van der Waals surface area (Å²) in [4.78, 5) is 0. The Kier molecular flexibility index (Phi) is 5.24. The Morgan fingerprint density at radius 3 is 2.17 bits per heavy atom. The third-order valence-corrected chi connectivity index (χ3v) is 4.67. The van der Waals surface area contributed by atoms with Crippen LogP contribution in [0.3, 0.4) is 0 Å². The minimum absolute atomic E-state index is 0.298. The van der Waals surface area contributed by atoms with Crippen molar-refractivity contribution in [2.45, 2.75) is 19.4 Å². The molecule has 0 aliphatic carbocycles. The van der Waals surface area contributed by atoms with Crippen molar-refractivity contribution < 1.29 is 25.0 Å². The smallest absolute Gasteiger partial charge is 0.205 e. The minimum Gasteiger partial charge on any atom is -0.205 e. The monoisotopic (exact) mass is 294 g/mol. The Morgan fingerprint density at radius 1 is 1.00 bits per heavy atom. The van der Waals surface area contributed by atoms with E-state index in [-0.39, 0.29) is 5.75 Å². The molecule has 0 aliphatic heterocycles. The lowest BCUT2D eigenvalue weighted by Crippen LogP contribution is -2.32. The zero-order valence-corrected chi connectivity index (χ0v) is 11.7. The van der Waals surface area contributed by atoms with Gasteiger partial charge < -0.3 is 0 Å². The Balaban J connectivity index is 2.34. The van der Waals surface area contributed by atoms with E-state index in [4.69, 9.17) is 0 Å². The molecular weight excluding hydrogens is 278 g/mol. The van der Waals surface area contributed by atoms with Gasteiger partial charge in [-0.1, -0.05) is 6.07 Å². The van der Waals surface area contributed by atoms with E-state index in [1.165, 1.54) is 0 Å². The maximum absolute atomic E-state index is 11.2. The molecule has 0 radical (unpaired) electrons. The molecule has 1 heterocycles. The minimum atomic E-state index is -3.99. The Bertz CT molecular complexity index is 566. The number of rotatable bonds is 7. The molecule has 0 aliphatic rings. The molecule has 18 heavy (non-hydrogen) atoms. The fourth-order valence-corrected chi connectivity index (χ4v) is 3.72. The van der Waals surface area contributed by atoms with Crippen LogP contribution < -0.4 is 4.57 Å². The fourth-order valence-electron chi connectivity index (χ4n) is 1.38. The highest BCUT2D eigenvalue weighted by molar-refractivity contribution is 7.99. The highest BCUT2D eigenvalue weighted by Gasteiger charge is 2.18. The Morgan fingerprint density at radius 2 is 1.61 bits per heavy atom. The molecule has 0 aromatic carbocycles. The van der Waals surface area contributed by atoms with Crippen molar-refractivity contribution in [3.63, 3.8) is 0 Å². The summed E-state index contributed by atoms with van der Waals surface area (Å²) in [6, 6.07) is 5.65. The standard InChI is InChI=1S/C10H16NO5S2/c1-17(12,13)16-18(14,15)10-6-5-9-11-7-3-2-4-8-11/h2-4,7-8H,5-6,9-10H2,1H3/q+1. The van der Waals surface area contributed by atoms with Gasteiger partial charge in [0.15, 0.2) is 12.4 Å². The van der Waals surface area contributed by atoms with Crippen molar-refractivity contribution >= 4 is 20.2 Å². The quantitative estimate of drug-likeness (QED) is 0.525. The first-order valence-corrected chi connectivity index (χ1v) is 8.76. The molecule has 0 atom stereocenters. The van der Waals surface area contributed by atoms with Gasteiger partial charge in [0.05, 0.1) is 12.0 Å². The molecule has 1 aromatic heterocycles. The van der Waals surface area contributed by atoms with E-state index in [2.05, 4.69) is 3.63 Å². The normalized spacial score (nSPS) is 12.5. The van der Waals surface area contributed by atoms with Crippen molar-refractivity contribution in [1.29, 1.82) is 0 Å². The van der Waals surface area contributed by atoms with Crippen LogP contribution in [-0.2, 0) is 30.4 Å². The lowest BCUT2D eigenvalue weighted by Gasteiger charge is -2.02. The topological polar surface area (TPSA) is 81.4 Å². The summed E-state index contributed by atoms with van der Waals surface area (Å²) in [5, 5.41) is 0. The zero-order valence-electron chi connectivity index (χ0n) is 10.0. The molecule has 8 heteroatoms. The van der Waals surface area contributed by atoms with E-state index >= 15 is 0 Å². The van der Waals surface area contributed by atoms with Crippen LogP contribution in [0.5, 0.6) is 0 Å². The molecule has 0 spiro atoms. The number of aryl methyl sites for hydroxylation is 1. The van der Waals surface area contributed by atoms with Crippen molar-refractivity contribution in [2.24, 2.45) is 0 Å². The molecule has 0 saturated heterocycles. The summed E-state index contributed by atoms with van der Waals surface area (Å²) in [5.74, 6) is -0.298. The SMILES string of the molecule is CS(=O)(=O)OS(=O)(=O)CCCC[n+]1ccccc1. The molecule has 0 amide bonds. The third kappa shape index (κ3) is 6.67. The molecule has 6 nitrogen and oxygen atoms in total. The van der Waals surface area contributed by atoms with E-state index in [1.807, 2.05) is 35.2 Å². The van der Waals surface area contributed by atoms with Gasteiger partial charge in [0, 0.05) is 18.6 Å². The number of nitrogens with zero attached hydrogens (tertiary/aromatic N) is 1. The van der Waals surface area contributed by atoms with Crippen molar-refractivity contribution in [1.82, 2.24) is 0 Å². The average Bonchev–Trinajstić information content (AvgIpc) is 2.23. The highest BCUT2D eigenvalue weighted by Crippen LogP contribution is 2.03. The highest BCUT2D eigenvalue weighted by atomic mass is 32.3. The lowest BCUT2D eigenvalue weighted by atomic mass is 10.3. The predicted molar refractivity (Wildman–Crippen MR) is 65.6 cm³/mol. The predicted octanol–water partition coefficient (Wildman–Crippen LogP) is 0.0603.